The topological polar surface area (TPSA) is 96.0 Å². The van der Waals surface area contributed by atoms with Crippen molar-refractivity contribution in [3.8, 4) is 5.75 Å². The normalized spacial score (nSPS) is 11.8. The standard InChI is InChI=1S/C36H40ClN3O5S/c1-4-5-22-38-36(42)33(23-28-12-8-6-9-13-28)39(25-29-18-16-27(2)17-19-29)35(41)26-40(30-20-21-34(45-3)32(37)24-30)46(43,44)31-14-10-7-11-15-31/h6-21,24,33H,4-5,22-23,25-26H2,1-3H3,(H,38,42)/t33-/m1/s1. The molecule has 0 fully saturated rings. The number of nitrogens with one attached hydrogen (secondary N) is 1. The van der Waals surface area contributed by atoms with Crippen LogP contribution in [0.4, 0.5) is 5.69 Å². The van der Waals surface area contributed by atoms with Gasteiger partial charge in [0.2, 0.25) is 11.8 Å². The van der Waals surface area contributed by atoms with Crippen molar-refractivity contribution in [2.45, 2.75) is 50.6 Å². The second-order valence-electron chi connectivity index (χ2n) is 11.0. The fraction of sp³-hybridized carbons (Fsp3) is 0.278. The summed E-state index contributed by atoms with van der Waals surface area (Å²) < 4.78 is 34.6. The summed E-state index contributed by atoms with van der Waals surface area (Å²) in [7, 11) is -2.77. The third-order valence-electron chi connectivity index (χ3n) is 7.61. The lowest BCUT2D eigenvalue weighted by Gasteiger charge is -2.34. The van der Waals surface area contributed by atoms with Gasteiger partial charge >= 0.3 is 0 Å². The number of halogens is 1. The first-order valence-corrected chi connectivity index (χ1v) is 17.0. The molecule has 0 unspecified atom stereocenters. The zero-order valence-corrected chi connectivity index (χ0v) is 27.9. The van der Waals surface area contributed by atoms with Gasteiger partial charge < -0.3 is 15.0 Å². The van der Waals surface area contributed by atoms with E-state index in [9.17, 15) is 18.0 Å². The number of ether oxygens (including phenoxy) is 1. The number of hydrogen-bond acceptors (Lipinski definition) is 5. The molecule has 1 N–H and O–H groups in total. The molecular weight excluding hydrogens is 622 g/mol. The largest absolute Gasteiger partial charge is 0.495 e. The van der Waals surface area contributed by atoms with Crippen LogP contribution >= 0.6 is 11.6 Å². The fourth-order valence-electron chi connectivity index (χ4n) is 5.01. The van der Waals surface area contributed by atoms with Crippen LogP contribution in [0.15, 0.2) is 108 Å². The van der Waals surface area contributed by atoms with Gasteiger partial charge in [-0.25, -0.2) is 8.42 Å². The summed E-state index contributed by atoms with van der Waals surface area (Å²) in [6.45, 7) is 4.00. The summed E-state index contributed by atoms with van der Waals surface area (Å²) in [5, 5.41) is 3.19. The van der Waals surface area contributed by atoms with Gasteiger partial charge in [-0.05, 0) is 54.8 Å². The Bertz CT molecular complexity index is 1700. The van der Waals surface area contributed by atoms with Crippen molar-refractivity contribution in [2.24, 2.45) is 0 Å². The number of anilines is 1. The van der Waals surface area contributed by atoms with E-state index in [0.29, 0.717) is 12.3 Å². The summed E-state index contributed by atoms with van der Waals surface area (Å²) in [4.78, 5) is 29.9. The van der Waals surface area contributed by atoms with Gasteiger partial charge in [-0.15, -0.1) is 0 Å². The summed E-state index contributed by atoms with van der Waals surface area (Å²) in [6.07, 6.45) is 1.93. The lowest BCUT2D eigenvalue weighted by molar-refractivity contribution is -0.140. The Morgan fingerprint density at radius 3 is 2.15 bits per heavy atom. The maximum atomic E-state index is 14.5. The predicted molar refractivity (Wildman–Crippen MR) is 183 cm³/mol. The number of carbonyl (C=O) groups excluding carboxylic acids is 2. The number of rotatable bonds is 15. The zero-order chi connectivity index (χ0) is 33.1. The number of benzene rings is 4. The Kier molecular flexibility index (Phi) is 12.2. The minimum absolute atomic E-state index is 0.0120. The van der Waals surface area contributed by atoms with Gasteiger partial charge in [-0.3, -0.25) is 13.9 Å². The van der Waals surface area contributed by atoms with E-state index >= 15 is 0 Å². The molecule has 4 aromatic rings. The highest BCUT2D eigenvalue weighted by atomic mass is 35.5. The van der Waals surface area contributed by atoms with E-state index in [1.807, 2.05) is 68.4 Å². The van der Waals surface area contributed by atoms with E-state index in [1.54, 1.807) is 30.3 Å². The van der Waals surface area contributed by atoms with E-state index in [1.165, 1.54) is 30.2 Å². The molecule has 4 aromatic carbocycles. The van der Waals surface area contributed by atoms with Gasteiger partial charge in [0, 0.05) is 19.5 Å². The van der Waals surface area contributed by atoms with Crippen LogP contribution in [-0.2, 0) is 32.6 Å². The lowest BCUT2D eigenvalue weighted by Crippen LogP contribution is -2.53. The highest BCUT2D eigenvalue weighted by molar-refractivity contribution is 7.92. The van der Waals surface area contributed by atoms with Crippen LogP contribution in [0.3, 0.4) is 0 Å². The number of aryl methyl sites for hydroxylation is 1. The quantitative estimate of drug-likeness (QED) is 0.149. The molecule has 1 atom stereocenters. The van der Waals surface area contributed by atoms with Crippen molar-refractivity contribution in [1.29, 1.82) is 0 Å². The lowest BCUT2D eigenvalue weighted by atomic mass is 10.0. The van der Waals surface area contributed by atoms with Gasteiger partial charge in [0.05, 0.1) is 22.7 Å². The SMILES string of the molecule is CCCCNC(=O)[C@@H](Cc1ccccc1)N(Cc1ccc(C)cc1)C(=O)CN(c1ccc(OC)c(Cl)c1)S(=O)(=O)c1ccccc1. The molecule has 10 heteroatoms. The number of nitrogens with zero attached hydrogens (tertiary/aromatic N) is 2. The summed E-state index contributed by atoms with van der Waals surface area (Å²) in [6, 6.07) is 28.7. The molecule has 0 spiro atoms. The van der Waals surface area contributed by atoms with Crippen LogP contribution in [0.1, 0.15) is 36.5 Å². The van der Waals surface area contributed by atoms with E-state index in [2.05, 4.69) is 5.32 Å². The highest BCUT2D eigenvalue weighted by Gasteiger charge is 2.34. The molecule has 8 nitrogen and oxygen atoms in total. The van der Waals surface area contributed by atoms with Crippen LogP contribution in [0.25, 0.3) is 0 Å². The molecule has 46 heavy (non-hydrogen) atoms. The highest BCUT2D eigenvalue weighted by Crippen LogP contribution is 2.32. The first kappa shape index (κ1) is 34.5. The molecular formula is C36H40ClN3O5S. The second kappa shape index (κ2) is 16.3. The van der Waals surface area contributed by atoms with Crippen molar-refractivity contribution in [3.63, 3.8) is 0 Å². The minimum atomic E-state index is -4.23. The molecule has 4 rings (SSSR count). The number of sulfonamides is 1. The maximum absolute atomic E-state index is 14.5. The molecule has 2 amide bonds. The Morgan fingerprint density at radius 1 is 0.891 bits per heavy atom. The average molecular weight is 662 g/mol. The van der Waals surface area contributed by atoms with Crippen LogP contribution < -0.4 is 14.4 Å². The van der Waals surface area contributed by atoms with E-state index < -0.39 is 28.5 Å². The molecule has 0 aliphatic carbocycles. The number of carbonyl (C=O) groups is 2. The number of hydrogen-bond donors (Lipinski definition) is 1. The van der Waals surface area contributed by atoms with Gasteiger partial charge in [0.1, 0.15) is 18.3 Å². The van der Waals surface area contributed by atoms with Gasteiger partial charge in [0.25, 0.3) is 10.0 Å². The van der Waals surface area contributed by atoms with Crippen LogP contribution in [0.2, 0.25) is 5.02 Å². The Hall–Kier alpha value is -4.34. The Morgan fingerprint density at radius 2 is 1.54 bits per heavy atom. The minimum Gasteiger partial charge on any atom is -0.495 e. The van der Waals surface area contributed by atoms with Crippen molar-refractivity contribution in [2.75, 3.05) is 24.5 Å². The maximum Gasteiger partial charge on any atom is 0.264 e. The molecule has 0 aliphatic heterocycles. The first-order valence-electron chi connectivity index (χ1n) is 15.2. The molecule has 0 radical (unpaired) electrons. The summed E-state index contributed by atoms with van der Waals surface area (Å²) in [5.41, 5.74) is 2.92. The third-order valence-corrected chi connectivity index (χ3v) is 9.69. The smallest absolute Gasteiger partial charge is 0.264 e. The van der Waals surface area contributed by atoms with E-state index in [0.717, 1.165) is 33.8 Å². The zero-order valence-electron chi connectivity index (χ0n) is 26.4. The number of methoxy groups -OCH3 is 1. The predicted octanol–water partition coefficient (Wildman–Crippen LogP) is 6.41. The molecule has 0 saturated carbocycles. The third kappa shape index (κ3) is 8.89. The van der Waals surface area contributed by atoms with Crippen LogP contribution in [-0.4, -0.2) is 51.4 Å². The number of amides is 2. The molecule has 0 saturated heterocycles. The first-order chi connectivity index (χ1) is 22.1. The van der Waals surface area contributed by atoms with Crippen molar-refractivity contribution < 1.29 is 22.7 Å². The average Bonchev–Trinajstić information content (AvgIpc) is 3.06. The molecule has 0 aliphatic rings. The molecule has 0 bridgehead atoms. The number of unbranched alkanes of at least 4 members (excludes halogenated alkanes) is 1. The summed E-state index contributed by atoms with van der Waals surface area (Å²) >= 11 is 6.44. The van der Waals surface area contributed by atoms with Crippen molar-refractivity contribution in [3.05, 3.63) is 125 Å². The Balaban J connectivity index is 1.80. The van der Waals surface area contributed by atoms with E-state index in [4.69, 9.17) is 16.3 Å². The molecule has 242 valence electrons. The second-order valence-corrected chi connectivity index (χ2v) is 13.3. The van der Waals surface area contributed by atoms with Crippen LogP contribution in [0.5, 0.6) is 5.75 Å². The molecule has 0 heterocycles. The fourth-order valence-corrected chi connectivity index (χ4v) is 6.69. The summed E-state index contributed by atoms with van der Waals surface area (Å²) in [5.74, 6) is -0.484. The van der Waals surface area contributed by atoms with Crippen molar-refractivity contribution in [1.82, 2.24) is 10.2 Å². The van der Waals surface area contributed by atoms with E-state index in [-0.39, 0.29) is 34.5 Å². The van der Waals surface area contributed by atoms with Crippen LogP contribution in [0, 0.1) is 6.92 Å². The monoisotopic (exact) mass is 661 g/mol. The van der Waals surface area contributed by atoms with Gasteiger partial charge in [-0.2, -0.15) is 0 Å². The van der Waals surface area contributed by atoms with Gasteiger partial charge in [0.15, 0.2) is 0 Å². The van der Waals surface area contributed by atoms with Gasteiger partial charge in [-0.1, -0.05) is 103 Å². The molecule has 0 aromatic heterocycles. The Labute approximate surface area is 277 Å². The van der Waals surface area contributed by atoms with Crippen molar-refractivity contribution >= 4 is 39.1 Å².